The highest BCUT2D eigenvalue weighted by atomic mass is 16.2. The van der Waals surface area contributed by atoms with Crippen LogP contribution in [0, 0.1) is 0 Å². The Bertz CT molecular complexity index is 1060. The largest absolute Gasteiger partial charge is 0.352 e. The van der Waals surface area contributed by atoms with Crippen LogP contribution in [0.4, 0.5) is 5.82 Å². The van der Waals surface area contributed by atoms with Gasteiger partial charge in [-0.25, -0.2) is 9.67 Å². The van der Waals surface area contributed by atoms with E-state index >= 15 is 0 Å². The Labute approximate surface area is 160 Å². The summed E-state index contributed by atoms with van der Waals surface area (Å²) >= 11 is 0. The lowest BCUT2D eigenvalue weighted by molar-refractivity contribution is 0.0746. The van der Waals surface area contributed by atoms with E-state index in [1.54, 1.807) is 11.0 Å². The molecular weight excluding hydrogens is 356 g/mol. The predicted octanol–water partition coefficient (Wildman–Crippen LogP) is 1.27. The summed E-state index contributed by atoms with van der Waals surface area (Å²) < 4.78 is 3.53. The lowest BCUT2D eigenvalue weighted by Gasteiger charge is -2.35. The number of fused-ring (bicyclic) bond motifs is 1. The molecule has 9 nitrogen and oxygen atoms in total. The van der Waals surface area contributed by atoms with Crippen LogP contribution >= 0.6 is 0 Å². The van der Waals surface area contributed by atoms with Gasteiger partial charge in [-0.2, -0.15) is 5.10 Å². The molecule has 0 aliphatic carbocycles. The first kappa shape index (κ1) is 16.4. The Hall–Kier alpha value is -3.75. The molecule has 1 aliphatic rings. The second-order valence-corrected chi connectivity index (χ2v) is 6.63. The quantitative estimate of drug-likeness (QED) is 0.537. The molecule has 5 rings (SSSR count). The highest BCUT2D eigenvalue weighted by molar-refractivity contribution is 5.95. The average molecular weight is 374 g/mol. The van der Waals surface area contributed by atoms with Gasteiger partial charge >= 0.3 is 0 Å². The molecule has 0 aromatic carbocycles. The molecule has 1 saturated heterocycles. The minimum absolute atomic E-state index is 0.0657. The molecule has 9 heteroatoms. The Kier molecular flexibility index (Phi) is 3.97. The van der Waals surface area contributed by atoms with Gasteiger partial charge in [0, 0.05) is 44.1 Å². The number of aromatic nitrogens is 6. The molecule has 0 unspecified atom stereocenters. The first-order valence-electron chi connectivity index (χ1n) is 9.08. The first-order chi connectivity index (χ1) is 13.8. The number of rotatable bonds is 3. The van der Waals surface area contributed by atoms with Crippen LogP contribution < -0.4 is 4.90 Å². The van der Waals surface area contributed by atoms with Crippen molar-refractivity contribution < 1.29 is 4.79 Å². The van der Waals surface area contributed by atoms with Gasteiger partial charge < -0.3 is 14.2 Å². The van der Waals surface area contributed by atoms with Crippen molar-refractivity contribution in [2.45, 2.75) is 0 Å². The molecule has 1 fully saturated rings. The van der Waals surface area contributed by atoms with Gasteiger partial charge in [-0.3, -0.25) is 4.79 Å². The third-order valence-corrected chi connectivity index (χ3v) is 4.93. The fourth-order valence-electron chi connectivity index (χ4n) is 3.43. The lowest BCUT2D eigenvalue weighted by Crippen LogP contribution is -2.49. The topological polar surface area (TPSA) is 84.5 Å². The molecule has 0 bridgehead atoms. The van der Waals surface area contributed by atoms with E-state index in [9.17, 15) is 4.79 Å². The summed E-state index contributed by atoms with van der Waals surface area (Å²) in [5.74, 6) is 1.48. The van der Waals surface area contributed by atoms with E-state index < -0.39 is 0 Å². The number of amides is 1. The van der Waals surface area contributed by atoms with Crippen LogP contribution in [0.3, 0.4) is 0 Å². The summed E-state index contributed by atoms with van der Waals surface area (Å²) in [5, 5.41) is 12.5. The average Bonchev–Trinajstić information content (AvgIpc) is 3.43. The number of pyridine rings is 1. The number of carbonyl (C=O) groups excluding carboxylic acids is 1. The summed E-state index contributed by atoms with van der Waals surface area (Å²) in [5.41, 5.74) is 1.74. The molecule has 0 saturated carbocycles. The molecule has 28 heavy (non-hydrogen) atoms. The predicted molar refractivity (Wildman–Crippen MR) is 102 cm³/mol. The summed E-state index contributed by atoms with van der Waals surface area (Å²) in [4.78, 5) is 20.8. The third-order valence-electron chi connectivity index (χ3n) is 4.93. The van der Waals surface area contributed by atoms with Gasteiger partial charge in [0.1, 0.15) is 12.7 Å². The molecule has 4 aromatic rings. The van der Waals surface area contributed by atoms with Crippen molar-refractivity contribution in [2.24, 2.45) is 0 Å². The Morgan fingerprint density at radius 1 is 0.964 bits per heavy atom. The normalized spacial score (nSPS) is 14.6. The van der Waals surface area contributed by atoms with Gasteiger partial charge in [0.2, 0.25) is 0 Å². The summed E-state index contributed by atoms with van der Waals surface area (Å²) in [6.45, 7) is 2.74. The van der Waals surface area contributed by atoms with E-state index in [1.807, 2.05) is 58.1 Å². The maximum Gasteiger partial charge on any atom is 0.255 e. The van der Waals surface area contributed by atoms with Crippen molar-refractivity contribution in [2.75, 3.05) is 31.1 Å². The molecule has 4 aromatic heterocycles. The zero-order chi connectivity index (χ0) is 18.9. The zero-order valence-electron chi connectivity index (χ0n) is 15.1. The minimum Gasteiger partial charge on any atom is -0.352 e. The van der Waals surface area contributed by atoms with Gasteiger partial charge in [-0.15, -0.1) is 10.2 Å². The van der Waals surface area contributed by atoms with Gasteiger partial charge in [0.15, 0.2) is 11.6 Å². The fraction of sp³-hybridized carbons (Fsp3) is 0.211. The number of hydrogen-bond donors (Lipinski definition) is 0. The van der Waals surface area contributed by atoms with Gasteiger partial charge in [0.25, 0.3) is 5.91 Å². The highest BCUT2D eigenvalue weighted by Gasteiger charge is 2.24. The van der Waals surface area contributed by atoms with E-state index in [1.165, 1.54) is 6.33 Å². The number of carbonyl (C=O) groups is 1. The molecule has 1 aliphatic heterocycles. The molecule has 0 atom stereocenters. The van der Waals surface area contributed by atoms with Crippen molar-refractivity contribution in [1.29, 1.82) is 0 Å². The maximum absolute atomic E-state index is 12.8. The van der Waals surface area contributed by atoms with Crippen LogP contribution in [-0.2, 0) is 0 Å². The molecule has 5 heterocycles. The van der Waals surface area contributed by atoms with E-state index in [4.69, 9.17) is 0 Å². The molecule has 0 radical (unpaired) electrons. The maximum atomic E-state index is 12.8. The number of nitrogens with zero attached hydrogens (tertiary/aromatic N) is 8. The smallest absolute Gasteiger partial charge is 0.255 e. The van der Waals surface area contributed by atoms with Crippen LogP contribution in [0.25, 0.3) is 11.3 Å². The Balaban J connectivity index is 1.25. The summed E-state index contributed by atoms with van der Waals surface area (Å²) in [7, 11) is 0. The Morgan fingerprint density at radius 3 is 2.50 bits per heavy atom. The second-order valence-electron chi connectivity index (χ2n) is 6.63. The second kappa shape index (κ2) is 6.76. The van der Waals surface area contributed by atoms with Crippen LogP contribution in [0.5, 0.6) is 0 Å². The summed E-state index contributed by atoms with van der Waals surface area (Å²) in [6, 6.07) is 11.6. The van der Waals surface area contributed by atoms with Crippen molar-refractivity contribution in [3.8, 4) is 5.82 Å². The van der Waals surface area contributed by atoms with Crippen LogP contribution in [0.15, 0.2) is 61.4 Å². The molecule has 0 spiro atoms. The number of anilines is 1. The molecular formula is C19H18N8O. The molecule has 1 amide bonds. The van der Waals surface area contributed by atoms with E-state index in [0.29, 0.717) is 18.9 Å². The van der Waals surface area contributed by atoms with Crippen molar-refractivity contribution in [3.63, 3.8) is 0 Å². The van der Waals surface area contributed by atoms with Crippen LogP contribution in [0.1, 0.15) is 10.4 Å². The van der Waals surface area contributed by atoms with Crippen molar-refractivity contribution in [3.05, 3.63) is 67.0 Å². The third kappa shape index (κ3) is 2.96. The molecule has 140 valence electrons. The van der Waals surface area contributed by atoms with Gasteiger partial charge in [-0.05, 0) is 30.3 Å². The van der Waals surface area contributed by atoms with E-state index in [2.05, 4.69) is 25.2 Å². The fourth-order valence-corrected chi connectivity index (χ4v) is 3.43. The minimum atomic E-state index is 0.0657. The lowest BCUT2D eigenvalue weighted by atomic mass is 10.2. The SMILES string of the molecule is O=C(c1cc2ccccn2c1)N1CCN(c2ccc(-n3cncn3)nn2)CC1. The van der Waals surface area contributed by atoms with Crippen LogP contribution in [-0.4, -0.2) is 66.3 Å². The Morgan fingerprint density at radius 2 is 1.79 bits per heavy atom. The van der Waals surface area contributed by atoms with Gasteiger partial charge in [-0.1, -0.05) is 6.07 Å². The number of piperazine rings is 1. The van der Waals surface area contributed by atoms with Gasteiger partial charge in [0.05, 0.1) is 5.56 Å². The van der Waals surface area contributed by atoms with E-state index in [0.717, 1.165) is 30.0 Å². The summed E-state index contributed by atoms with van der Waals surface area (Å²) in [6.07, 6.45) is 6.88. The number of hydrogen-bond acceptors (Lipinski definition) is 6. The first-order valence-corrected chi connectivity index (χ1v) is 9.08. The van der Waals surface area contributed by atoms with Crippen molar-refractivity contribution >= 4 is 17.2 Å². The molecule has 0 N–H and O–H groups in total. The van der Waals surface area contributed by atoms with Crippen molar-refractivity contribution in [1.82, 2.24) is 34.3 Å². The van der Waals surface area contributed by atoms with E-state index in [-0.39, 0.29) is 5.91 Å². The zero-order valence-corrected chi connectivity index (χ0v) is 15.1. The monoisotopic (exact) mass is 374 g/mol. The van der Waals surface area contributed by atoms with Crippen LogP contribution in [0.2, 0.25) is 0 Å². The highest BCUT2D eigenvalue weighted by Crippen LogP contribution is 2.17. The standard InChI is InChI=1S/C19H18N8O/c28-19(15-11-16-3-1-2-6-26(16)12-15)25-9-7-24(8-10-25)17-4-5-18(23-22-17)27-14-20-13-21-27/h1-6,11-14H,7-10H2.